The SMILES string of the molecule is CC.CC.Cc1c(F)cccc1Cl. The fourth-order valence-corrected chi connectivity index (χ4v) is 0.744. The maximum Gasteiger partial charge on any atom is 0.127 e. The molecule has 0 N–H and O–H groups in total. The van der Waals surface area contributed by atoms with Crippen LogP contribution >= 0.6 is 11.6 Å². The molecule has 0 aliphatic carbocycles. The third kappa shape index (κ3) is 5.64. The molecule has 0 heterocycles. The van der Waals surface area contributed by atoms with Gasteiger partial charge in [-0.2, -0.15) is 0 Å². The third-order valence-corrected chi connectivity index (χ3v) is 1.61. The summed E-state index contributed by atoms with van der Waals surface area (Å²) in [5, 5.41) is 0.481. The summed E-state index contributed by atoms with van der Waals surface area (Å²) in [5.74, 6) is -0.248. The normalized spacial score (nSPS) is 7.62. The van der Waals surface area contributed by atoms with Crippen LogP contribution in [0.15, 0.2) is 18.2 Å². The van der Waals surface area contributed by atoms with Gasteiger partial charge in [-0.3, -0.25) is 0 Å². The molecule has 0 nitrogen and oxygen atoms in total. The van der Waals surface area contributed by atoms with E-state index in [9.17, 15) is 4.39 Å². The summed E-state index contributed by atoms with van der Waals surface area (Å²) in [4.78, 5) is 0. The van der Waals surface area contributed by atoms with Gasteiger partial charge in [-0.05, 0) is 19.1 Å². The van der Waals surface area contributed by atoms with Crippen molar-refractivity contribution in [3.8, 4) is 0 Å². The van der Waals surface area contributed by atoms with E-state index in [1.807, 2.05) is 27.7 Å². The molecule has 0 saturated carbocycles. The van der Waals surface area contributed by atoms with Crippen LogP contribution in [-0.2, 0) is 0 Å². The summed E-state index contributed by atoms with van der Waals surface area (Å²) in [6.07, 6.45) is 0. The molecule has 2 heteroatoms. The fourth-order valence-electron chi connectivity index (χ4n) is 0.581. The van der Waals surface area contributed by atoms with Crippen molar-refractivity contribution < 1.29 is 4.39 Å². The van der Waals surface area contributed by atoms with E-state index in [1.54, 1.807) is 19.1 Å². The predicted molar refractivity (Wildman–Crippen MR) is 58.8 cm³/mol. The van der Waals surface area contributed by atoms with Crippen LogP contribution in [0, 0.1) is 12.7 Å². The molecule has 13 heavy (non-hydrogen) atoms. The highest BCUT2D eigenvalue weighted by atomic mass is 35.5. The average Bonchev–Trinajstić information content (AvgIpc) is 2.20. The van der Waals surface area contributed by atoms with Crippen molar-refractivity contribution >= 4 is 11.6 Å². The first kappa shape index (κ1) is 14.9. The predicted octanol–water partition coefficient (Wildman–Crippen LogP) is 4.84. The zero-order valence-corrected chi connectivity index (χ0v) is 9.74. The lowest BCUT2D eigenvalue weighted by molar-refractivity contribution is 0.618. The van der Waals surface area contributed by atoms with Gasteiger partial charge >= 0.3 is 0 Å². The Labute approximate surface area is 85.7 Å². The topological polar surface area (TPSA) is 0 Å². The van der Waals surface area contributed by atoms with E-state index in [0.717, 1.165) is 0 Å². The molecule has 0 aliphatic heterocycles. The van der Waals surface area contributed by atoms with E-state index < -0.39 is 0 Å². The highest BCUT2D eigenvalue weighted by Crippen LogP contribution is 2.16. The average molecular weight is 205 g/mol. The van der Waals surface area contributed by atoms with Gasteiger partial charge in [0.15, 0.2) is 0 Å². The maximum atomic E-state index is 12.5. The van der Waals surface area contributed by atoms with E-state index in [4.69, 9.17) is 11.6 Å². The quantitative estimate of drug-likeness (QED) is 0.567. The first-order valence-electron chi connectivity index (χ1n) is 4.62. The minimum atomic E-state index is -0.248. The molecule has 0 spiro atoms. The largest absolute Gasteiger partial charge is 0.207 e. The van der Waals surface area contributed by atoms with Gasteiger partial charge in [0.2, 0.25) is 0 Å². The molecule has 0 amide bonds. The van der Waals surface area contributed by atoms with E-state index in [1.165, 1.54) is 6.07 Å². The first-order valence-corrected chi connectivity index (χ1v) is 5.00. The summed E-state index contributed by atoms with van der Waals surface area (Å²) >= 11 is 5.57. The van der Waals surface area contributed by atoms with Crippen LogP contribution < -0.4 is 0 Å². The van der Waals surface area contributed by atoms with Gasteiger partial charge in [0.05, 0.1) is 0 Å². The molecule has 1 rings (SSSR count). The molecule has 76 valence electrons. The van der Waals surface area contributed by atoms with Crippen LogP contribution in [0.1, 0.15) is 33.3 Å². The number of rotatable bonds is 0. The van der Waals surface area contributed by atoms with Gasteiger partial charge < -0.3 is 0 Å². The van der Waals surface area contributed by atoms with Crippen LogP contribution in [-0.4, -0.2) is 0 Å². The van der Waals surface area contributed by atoms with Crippen molar-refractivity contribution in [3.05, 3.63) is 34.6 Å². The molecule has 0 aromatic heterocycles. The Balaban J connectivity index is 0. The molecule has 1 aromatic rings. The summed E-state index contributed by atoms with van der Waals surface area (Å²) in [6, 6.07) is 4.64. The van der Waals surface area contributed by atoms with Crippen LogP contribution in [0.25, 0.3) is 0 Å². The van der Waals surface area contributed by atoms with Gasteiger partial charge in [0, 0.05) is 10.6 Å². The molecular weight excluding hydrogens is 187 g/mol. The van der Waals surface area contributed by atoms with E-state index in [-0.39, 0.29) is 5.82 Å². The standard InChI is InChI=1S/C7H6ClF.2C2H6/c1-5-6(8)3-2-4-7(5)9;2*1-2/h2-4H,1H3;2*1-2H3. The number of benzene rings is 1. The molecule has 0 unspecified atom stereocenters. The summed E-state index contributed by atoms with van der Waals surface area (Å²) in [7, 11) is 0. The van der Waals surface area contributed by atoms with Crippen LogP contribution in [0.3, 0.4) is 0 Å². The van der Waals surface area contributed by atoms with Crippen LogP contribution in [0.2, 0.25) is 5.02 Å². The second-order valence-electron chi connectivity index (χ2n) is 1.85. The third-order valence-electron chi connectivity index (χ3n) is 1.20. The molecule has 0 atom stereocenters. The van der Waals surface area contributed by atoms with E-state index >= 15 is 0 Å². The zero-order chi connectivity index (χ0) is 10.9. The Morgan fingerprint density at radius 3 is 1.85 bits per heavy atom. The summed E-state index contributed by atoms with van der Waals surface area (Å²) in [5.41, 5.74) is 0.513. The van der Waals surface area contributed by atoms with Crippen LogP contribution in [0.4, 0.5) is 4.39 Å². The van der Waals surface area contributed by atoms with Crippen molar-refractivity contribution in [2.45, 2.75) is 34.6 Å². The second kappa shape index (κ2) is 9.53. The minimum Gasteiger partial charge on any atom is -0.207 e. The Kier molecular flexibility index (Phi) is 10.9. The fraction of sp³-hybridized carbons (Fsp3) is 0.455. The lowest BCUT2D eigenvalue weighted by Gasteiger charge is -1.95. The molecule has 0 saturated heterocycles. The van der Waals surface area contributed by atoms with Gasteiger partial charge in [0.25, 0.3) is 0 Å². The Bertz CT molecular complexity index is 201. The molecule has 1 aromatic carbocycles. The zero-order valence-electron chi connectivity index (χ0n) is 8.99. The van der Waals surface area contributed by atoms with Gasteiger partial charge in [-0.25, -0.2) is 4.39 Å². The number of hydrogen-bond acceptors (Lipinski definition) is 0. The highest BCUT2D eigenvalue weighted by Gasteiger charge is 1.97. The molecule has 0 bridgehead atoms. The van der Waals surface area contributed by atoms with Crippen molar-refractivity contribution in [2.75, 3.05) is 0 Å². The Morgan fingerprint density at radius 2 is 1.54 bits per heavy atom. The van der Waals surface area contributed by atoms with Gasteiger partial charge in [-0.1, -0.05) is 45.4 Å². The van der Waals surface area contributed by atoms with E-state index in [0.29, 0.717) is 10.6 Å². The molecule has 0 aliphatic rings. The lowest BCUT2D eigenvalue weighted by Crippen LogP contribution is -1.80. The first-order chi connectivity index (χ1) is 6.22. The summed E-state index contributed by atoms with van der Waals surface area (Å²) in [6.45, 7) is 9.65. The Hall–Kier alpha value is -0.560. The molecule has 0 fully saturated rings. The minimum absolute atomic E-state index is 0.248. The summed E-state index contributed by atoms with van der Waals surface area (Å²) < 4.78 is 12.5. The maximum absolute atomic E-state index is 12.5. The van der Waals surface area contributed by atoms with Gasteiger partial charge in [0.1, 0.15) is 5.82 Å². The van der Waals surface area contributed by atoms with Gasteiger partial charge in [-0.15, -0.1) is 0 Å². The van der Waals surface area contributed by atoms with E-state index in [2.05, 4.69) is 0 Å². The highest BCUT2D eigenvalue weighted by molar-refractivity contribution is 6.31. The van der Waals surface area contributed by atoms with Crippen molar-refractivity contribution in [3.63, 3.8) is 0 Å². The van der Waals surface area contributed by atoms with Crippen LogP contribution in [0.5, 0.6) is 0 Å². The molecule has 0 radical (unpaired) electrons. The second-order valence-corrected chi connectivity index (χ2v) is 2.25. The molecular formula is C11H18ClF. The number of halogens is 2. The van der Waals surface area contributed by atoms with Crippen molar-refractivity contribution in [2.24, 2.45) is 0 Å². The monoisotopic (exact) mass is 204 g/mol. The number of hydrogen-bond donors (Lipinski definition) is 0. The smallest absolute Gasteiger partial charge is 0.127 e. The Morgan fingerprint density at radius 1 is 1.08 bits per heavy atom. The lowest BCUT2D eigenvalue weighted by atomic mass is 10.2. The van der Waals surface area contributed by atoms with Crippen molar-refractivity contribution in [1.82, 2.24) is 0 Å². The van der Waals surface area contributed by atoms with Crippen molar-refractivity contribution in [1.29, 1.82) is 0 Å².